The third-order valence-electron chi connectivity index (χ3n) is 1.60. The summed E-state index contributed by atoms with van der Waals surface area (Å²) < 4.78 is 0. The molecule has 0 aromatic heterocycles. The van der Waals surface area contributed by atoms with E-state index in [-0.39, 0.29) is 0 Å². The SMILES string of the molecule is C/C(=N\O)C(C)(C)NOCCN. The molecule has 0 aliphatic rings. The molecule has 5 nitrogen and oxygen atoms in total. The highest BCUT2D eigenvalue weighted by atomic mass is 16.6. The summed E-state index contributed by atoms with van der Waals surface area (Å²) in [6.07, 6.45) is 0. The number of nitrogens with one attached hydrogen (secondary N) is 1. The first kappa shape index (κ1) is 11.4. The van der Waals surface area contributed by atoms with E-state index in [4.69, 9.17) is 15.8 Å². The number of rotatable bonds is 5. The Morgan fingerprint density at radius 2 is 2.25 bits per heavy atom. The van der Waals surface area contributed by atoms with E-state index >= 15 is 0 Å². The van der Waals surface area contributed by atoms with E-state index in [1.165, 1.54) is 0 Å². The lowest BCUT2D eigenvalue weighted by molar-refractivity contribution is 0.0127. The zero-order chi connectivity index (χ0) is 9.61. The smallest absolute Gasteiger partial charge is 0.0804 e. The molecule has 0 bridgehead atoms. The van der Waals surface area contributed by atoms with Crippen LogP contribution in [0.4, 0.5) is 0 Å². The van der Waals surface area contributed by atoms with Crippen molar-refractivity contribution in [2.45, 2.75) is 26.3 Å². The molecule has 0 unspecified atom stereocenters. The summed E-state index contributed by atoms with van der Waals surface area (Å²) in [4.78, 5) is 5.00. The van der Waals surface area contributed by atoms with E-state index in [1.54, 1.807) is 6.92 Å². The molecule has 0 aromatic rings. The van der Waals surface area contributed by atoms with E-state index in [0.717, 1.165) is 0 Å². The Hall–Kier alpha value is -0.650. The molecule has 0 saturated heterocycles. The molecule has 0 rings (SSSR count). The van der Waals surface area contributed by atoms with E-state index in [9.17, 15) is 0 Å². The van der Waals surface area contributed by atoms with Gasteiger partial charge in [0.2, 0.25) is 0 Å². The number of hydroxylamine groups is 1. The zero-order valence-corrected chi connectivity index (χ0v) is 7.79. The molecule has 0 aliphatic heterocycles. The molecule has 0 aromatic carbocycles. The number of hydrogen-bond acceptors (Lipinski definition) is 5. The summed E-state index contributed by atoms with van der Waals surface area (Å²) in [7, 11) is 0. The average Bonchev–Trinajstić information content (AvgIpc) is 2.03. The third-order valence-corrected chi connectivity index (χ3v) is 1.60. The second-order valence-electron chi connectivity index (χ2n) is 3.05. The lowest BCUT2D eigenvalue weighted by Crippen LogP contribution is -2.46. The van der Waals surface area contributed by atoms with Gasteiger partial charge in [0, 0.05) is 6.54 Å². The van der Waals surface area contributed by atoms with Crippen molar-refractivity contribution in [3.8, 4) is 0 Å². The van der Waals surface area contributed by atoms with E-state index in [1.807, 2.05) is 13.8 Å². The fourth-order valence-electron chi connectivity index (χ4n) is 0.489. The maximum absolute atomic E-state index is 8.49. The van der Waals surface area contributed by atoms with Crippen LogP contribution in [0.2, 0.25) is 0 Å². The molecule has 0 spiro atoms. The van der Waals surface area contributed by atoms with E-state index in [2.05, 4.69) is 10.6 Å². The van der Waals surface area contributed by atoms with Gasteiger partial charge in [0.15, 0.2) is 0 Å². The van der Waals surface area contributed by atoms with Crippen LogP contribution in [0.25, 0.3) is 0 Å². The third kappa shape index (κ3) is 3.66. The Kier molecular flexibility index (Phi) is 4.80. The van der Waals surface area contributed by atoms with Gasteiger partial charge in [-0.15, -0.1) is 0 Å². The van der Waals surface area contributed by atoms with E-state index in [0.29, 0.717) is 18.9 Å². The molecular formula is C7H17N3O2. The summed E-state index contributed by atoms with van der Waals surface area (Å²) in [5.74, 6) is 0. The summed E-state index contributed by atoms with van der Waals surface area (Å²) in [5, 5.41) is 11.6. The maximum Gasteiger partial charge on any atom is 0.0804 e. The molecule has 0 saturated carbocycles. The summed E-state index contributed by atoms with van der Waals surface area (Å²) in [5.41, 5.74) is 8.05. The van der Waals surface area contributed by atoms with Crippen molar-refractivity contribution in [3.63, 3.8) is 0 Å². The van der Waals surface area contributed by atoms with Crippen molar-refractivity contribution < 1.29 is 10.0 Å². The molecule has 0 amide bonds. The van der Waals surface area contributed by atoms with Crippen molar-refractivity contribution in [3.05, 3.63) is 0 Å². The van der Waals surface area contributed by atoms with Crippen molar-refractivity contribution >= 4 is 5.71 Å². The standard InChI is InChI=1S/C7H17N3O2/c1-6(9-11)7(2,3)10-12-5-4-8/h10-11H,4-5,8H2,1-3H3/b9-6+. The molecule has 0 atom stereocenters. The molecule has 72 valence electrons. The summed E-state index contributed by atoms with van der Waals surface area (Å²) in [6, 6.07) is 0. The Balaban J connectivity index is 3.87. The molecule has 5 heteroatoms. The van der Waals surface area contributed by atoms with Crippen LogP contribution in [0.5, 0.6) is 0 Å². The summed E-state index contributed by atoms with van der Waals surface area (Å²) >= 11 is 0. The number of nitrogens with two attached hydrogens (primary N) is 1. The molecule has 0 aliphatic carbocycles. The van der Waals surface area contributed by atoms with Crippen molar-refractivity contribution in [2.24, 2.45) is 10.9 Å². The highest BCUT2D eigenvalue weighted by molar-refractivity contribution is 5.89. The van der Waals surface area contributed by atoms with Gasteiger partial charge in [-0.25, -0.2) is 0 Å². The van der Waals surface area contributed by atoms with Gasteiger partial charge in [-0.3, -0.25) is 4.84 Å². The van der Waals surface area contributed by atoms with Crippen LogP contribution in [-0.4, -0.2) is 29.6 Å². The van der Waals surface area contributed by atoms with Gasteiger partial charge in [-0.1, -0.05) is 5.16 Å². The molecule has 0 fully saturated rings. The predicted octanol–water partition coefficient (Wildman–Crippen LogP) is 0.0950. The van der Waals surface area contributed by atoms with Crippen LogP contribution in [0, 0.1) is 0 Å². The lowest BCUT2D eigenvalue weighted by Gasteiger charge is -2.24. The normalized spacial score (nSPS) is 13.5. The quantitative estimate of drug-likeness (QED) is 0.239. The van der Waals surface area contributed by atoms with Gasteiger partial charge in [0.25, 0.3) is 0 Å². The second-order valence-corrected chi connectivity index (χ2v) is 3.05. The van der Waals surface area contributed by atoms with Crippen LogP contribution < -0.4 is 11.2 Å². The summed E-state index contributed by atoms with van der Waals surface area (Å²) in [6.45, 7) is 6.29. The van der Waals surface area contributed by atoms with Crippen molar-refractivity contribution in [1.82, 2.24) is 5.48 Å². The predicted molar refractivity (Wildman–Crippen MR) is 47.1 cm³/mol. The fraction of sp³-hybridized carbons (Fsp3) is 0.857. The Morgan fingerprint density at radius 3 is 2.67 bits per heavy atom. The topological polar surface area (TPSA) is 79.9 Å². The highest BCUT2D eigenvalue weighted by Crippen LogP contribution is 2.04. The molecule has 0 radical (unpaired) electrons. The first-order chi connectivity index (χ1) is 5.54. The Labute approximate surface area is 72.5 Å². The monoisotopic (exact) mass is 175 g/mol. The first-order valence-electron chi connectivity index (χ1n) is 3.82. The first-order valence-corrected chi connectivity index (χ1v) is 3.82. The van der Waals surface area contributed by atoms with Gasteiger partial charge in [-0.05, 0) is 20.8 Å². The van der Waals surface area contributed by atoms with Crippen LogP contribution in [-0.2, 0) is 4.84 Å². The van der Waals surface area contributed by atoms with Gasteiger partial charge in [-0.2, -0.15) is 5.48 Å². The largest absolute Gasteiger partial charge is 0.411 e. The number of oxime groups is 1. The Morgan fingerprint density at radius 1 is 1.67 bits per heavy atom. The lowest BCUT2D eigenvalue weighted by atomic mass is 10.0. The molecule has 12 heavy (non-hydrogen) atoms. The van der Waals surface area contributed by atoms with Gasteiger partial charge < -0.3 is 10.9 Å². The Bertz CT molecular complexity index is 157. The molecular weight excluding hydrogens is 158 g/mol. The minimum absolute atomic E-state index is 0.433. The average molecular weight is 175 g/mol. The van der Waals surface area contributed by atoms with Crippen LogP contribution in [0.3, 0.4) is 0 Å². The van der Waals surface area contributed by atoms with Gasteiger partial charge >= 0.3 is 0 Å². The van der Waals surface area contributed by atoms with Crippen LogP contribution >= 0.6 is 0 Å². The van der Waals surface area contributed by atoms with Crippen molar-refractivity contribution in [1.29, 1.82) is 0 Å². The minimum atomic E-state index is -0.468. The maximum atomic E-state index is 8.49. The fourth-order valence-corrected chi connectivity index (χ4v) is 0.489. The molecule has 0 heterocycles. The van der Waals surface area contributed by atoms with Gasteiger partial charge in [0.1, 0.15) is 0 Å². The van der Waals surface area contributed by atoms with Crippen molar-refractivity contribution in [2.75, 3.05) is 13.2 Å². The molecule has 4 N–H and O–H groups in total. The zero-order valence-electron chi connectivity index (χ0n) is 7.79. The van der Waals surface area contributed by atoms with E-state index < -0.39 is 5.54 Å². The number of nitrogens with zero attached hydrogens (tertiary/aromatic N) is 1. The van der Waals surface area contributed by atoms with Crippen LogP contribution in [0.15, 0.2) is 5.16 Å². The van der Waals surface area contributed by atoms with Gasteiger partial charge in [0.05, 0.1) is 17.9 Å². The van der Waals surface area contributed by atoms with Crippen LogP contribution in [0.1, 0.15) is 20.8 Å². The highest BCUT2D eigenvalue weighted by Gasteiger charge is 2.21. The number of hydrogen-bond donors (Lipinski definition) is 3. The minimum Gasteiger partial charge on any atom is -0.411 e. The second kappa shape index (κ2) is 5.08.